The second kappa shape index (κ2) is 4.74. The number of aryl methyl sites for hydroxylation is 1. The minimum absolute atomic E-state index is 0.165. The largest absolute Gasteiger partial charge is 0.309 e. The molecule has 1 aromatic rings. The van der Waals surface area contributed by atoms with Crippen LogP contribution in [-0.2, 0) is 0 Å². The third kappa shape index (κ3) is 2.89. The lowest BCUT2D eigenvalue weighted by atomic mass is 10.1. The maximum Gasteiger partial charge on any atom is 0.179 e. The number of hydrogen-bond donors (Lipinski definition) is 1. The van der Waals surface area contributed by atoms with E-state index < -0.39 is 5.82 Å². The van der Waals surface area contributed by atoms with E-state index in [0.29, 0.717) is 0 Å². The summed E-state index contributed by atoms with van der Waals surface area (Å²) in [5.41, 5.74) is 1.11. The number of Topliss-reactive ketones (excluding diaryl/α,β-unsaturated/α-hetero) is 1. The molecule has 0 aromatic heterocycles. The molecule has 0 unspecified atom stereocenters. The average molecular weight is 221 g/mol. The van der Waals surface area contributed by atoms with Gasteiger partial charge in [0.2, 0.25) is 0 Å². The number of halogens is 1. The van der Waals surface area contributed by atoms with E-state index in [-0.39, 0.29) is 17.9 Å². The Kier molecular flexibility index (Phi) is 3.34. The predicted molar refractivity (Wildman–Crippen MR) is 61.1 cm³/mol. The smallest absolute Gasteiger partial charge is 0.179 e. The Morgan fingerprint density at radius 2 is 2.25 bits per heavy atom. The molecule has 1 aliphatic carbocycles. The van der Waals surface area contributed by atoms with Crippen LogP contribution in [0.15, 0.2) is 18.2 Å². The summed E-state index contributed by atoms with van der Waals surface area (Å²) in [7, 11) is 0. The van der Waals surface area contributed by atoms with E-state index in [0.717, 1.165) is 18.0 Å². The Hall–Kier alpha value is -1.22. The third-order valence-electron chi connectivity index (χ3n) is 2.84. The molecule has 2 nitrogen and oxygen atoms in total. The standard InChI is InChI=1S/C13H16FNO/c1-9-2-5-12(14)11(6-9)13(16)8-15-7-10-3-4-10/h2,5-6,10,15H,3-4,7-8H2,1H3. The summed E-state index contributed by atoms with van der Waals surface area (Å²) in [6, 6.07) is 4.63. The summed E-state index contributed by atoms with van der Waals surface area (Å²) in [5.74, 6) is 0.140. The van der Waals surface area contributed by atoms with Crippen LogP contribution in [0.4, 0.5) is 4.39 Å². The molecular weight excluding hydrogens is 205 g/mol. The Balaban J connectivity index is 1.93. The van der Waals surface area contributed by atoms with Crippen LogP contribution < -0.4 is 5.32 Å². The van der Waals surface area contributed by atoms with Crippen LogP contribution in [0.2, 0.25) is 0 Å². The van der Waals surface area contributed by atoms with Gasteiger partial charge in [-0.05, 0) is 44.4 Å². The van der Waals surface area contributed by atoms with E-state index in [9.17, 15) is 9.18 Å². The number of nitrogens with one attached hydrogen (secondary N) is 1. The highest BCUT2D eigenvalue weighted by Crippen LogP contribution is 2.27. The van der Waals surface area contributed by atoms with Crippen molar-refractivity contribution < 1.29 is 9.18 Å². The van der Waals surface area contributed by atoms with Gasteiger partial charge < -0.3 is 5.32 Å². The number of hydrogen-bond acceptors (Lipinski definition) is 2. The van der Waals surface area contributed by atoms with Crippen LogP contribution in [-0.4, -0.2) is 18.9 Å². The number of carbonyl (C=O) groups is 1. The van der Waals surface area contributed by atoms with Crippen molar-refractivity contribution in [3.8, 4) is 0 Å². The molecule has 1 N–H and O–H groups in total. The summed E-state index contributed by atoms with van der Waals surface area (Å²) >= 11 is 0. The van der Waals surface area contributed by atoms with E-state index >= 15 is 0 Å². The summed E-state index contributed by atoms with van der Waals surface area (Å²) in [4.78, 5) is 11.7. The second-order valence-electron chi connectivity index (χ2n) is 4.48. The van der Waals surface area contributed by atoms with E-state index in [2.05, 4.69) is 5.32 Å². The van der Waals surface area contributed by atoms with Crippen molar-refractivity contribution in [3.63, 3.8) is 0 Å². The molecule has 0 bridgehead atoms. The Morgan fingerprint density at radius 3 is 2.94 bits per heavy atom. The quantitative estimate of drug-likeness (QED) is 0.773. The highest BCUT2D eigenvalue weighted by atomic mass is 19.1. The zero-order valence-corrected chi connectivity index (χ0v) is 9.42. The van der Waals surface area contributed by atoms with Crippen LogP contribution >= 0.6 is 0 Å². The molecule has 1 aromatic carbocycles. The SMILES string of the molecule is Cc1ccc(F)c(C(=O)CNCC2CC2)c1. The van der Waals surface area contributed by atoms with Crippen LogP contribution in [0.3, 0.4) is 0 Å². The van der Waals surface area contributed by atoms with E-state index in [1.165, 1.54) is 18.9 Å². The highest BCUT2D eigenvalue weighted by Gasteiger charge is 2.21. The van der Waals surface area contributed by atoms with Crippen molar-refractivity contribution >= 4 is 5.78 Å². The first-order valence-electron chi connectivity index (χ1n) is 5.67. The second-order valence-corrected chi connectivity index (χ2v) is 4.48. The molecule has 0 amide bonds. The monoisotopic (exact) mass is 221 g/mol. The molecule has 1 fully saturated rings. The van der Waals surface area contributed by atoms with Gasteiger partial charge in [-0.2, -0.15) is 0 Å². The van der Waals surface area contributed by atoms with Crippen LogP contribution in [0.5, 0.6) is 0 Å². The molecular formula is C13H16FNO. The van der Waals surface area contributed by atoms with Gasteiger partial charge in [0.15, 0.2) is 5.78 Å². The minimum Gasteiger partial charge on any atom is -0.309 e. The molecule has 0 atom stereocenters. The van der Waals surface area contributed by atoms with Crippen LogP contribution in [0.25, 0.3) is 0 Å². The Bertz CT molecular complexity index is 399. The Morgan fingerprint density at radius 1 is 1.50 bits per heavy atom. The topological polar surface area (TPSA) is 29.1 Å². The van der Waals surface area contributed by atoms with Gasteiger partial charge in [-0.15, -0.1) is 0 Å². The molecule has 0 aliphatic heterocycles. The molecule has 86 valence electrons. The molecule has 1 saturated carbocycles. The van der Waals surface area contributed by atoms with Crippen molar-refractivity contribution in [1.29, 1.82) is 0 Å². The third-order valence-corrected chi connectivity index (χ3v) is 2.84. The molecule has 1 aliphatic rings. The van der Waals surface area contributed by atoms with Gasteiger partial charge in [-0.25, -0.2) is 4.39 Å². The molecule has 3 heteroatoms. The lowest BCUT2D eigenvalue weighted by Gasteiger charge is -2.05. The van der Waals surface area contributed by atoms with E-state index in [1.54, 1.807) is 12.1 Å². The average Bonchev–Trinajstić information content (AvgIpc) is 3.05. The predicted octanol–water partition coefficient (Wildman–Crippen LogP) is 2.32. The lowest BCUT2D eigenvalue weighted by molar-refractivity contribution is 0.0987. The maximum atomic E-state index is 13.4. The van der Waals surface area contributed by atoms with Gasteiger partial charge in [-0.1, -0.05) is 11.6 Å². The number of rotatable bonds is 5. The summed E-state index contributed by atoms with van der Waals surface area (Å²) in [6.07, 6.45) is 2.50. The van der Waals surface area contributed by atoms with Crippen molar-refractivity contribution in [2.75, 3.05) is 13.1 Å². The van der Waals surface area contributed by atoms with Gasteiger partial charge >= 0.3 is 0 Å². The zero-order valence-electron chi connectivity index (χ0n) is 9.42. The molecule has 0 radical (unpaired) electrons. The van der Waals surface area contributed by atoms with Gasteiger partial charge in [0.25, 0.3) is 0 Å². The lowest BCUT2D eigenvalue weighted by Crippen LogP contribution is -2.25. The molecule has 0 heterocycles. The van der Waals surface area contributed by atoms with Crippen molar-refractivity contribution in [3.05, 3.63) is 35.1 Å². The van der Waals surface area contributed by atoms with E-state index in [1.807, 2.05) is 6.92 Å². The molecule has 0 spiro atoms. The van der Waals surface area contributed by atoms with Gasteiger partial charge in [0.1, 0.15) is 5.82 Å². The first-order chi connectivity index (χ1) is 7.66. The van der Waals surface area contributed by atoms with Crippen molar-refractivity contribution in [1.82, 2.24) is 5.32 Å². The number of carbonyl (C=O) groups excluding carboxylic acids is 1. The van der Waals surface area contributed by atoms with Crippen LogP contribution in [0, 0.1) is 18.7 Å². The first-order valence-corrected chi connectivity index (χ1v) is 5.67. The molecule has 2 rings (SSSR count). The van der Waals surface area contributed by atoms with Gasteiger partial charge in [-0.3, -0.25) is 4.79 Å². The molecule has 16 heavy (non-hydrogen) atoms. The first kappa shape index (κ1) is 11.3. The molecule has 0 saturated heterocycles. The van der Waals surface area contributed by atoms with Gasteiger partial charge in [0, 0.05) is 0 Å². The number of benzene rings is 1. The number of ketones is 1. The van der Waals surface area contributed by atoms with Gasteiger partial charge in [0.05, 0.1) is 12.1 Å². The van der Waals surface area contributed by atoms with Crippen molar-refractivity contribution in [2.24, 2.45) is 5.92 Å². The summed E-state index contributed by atoms with van der Waals surface area (Å²) in [6.45, 7) is 2.96. The fourth-order valence-corrected chi connectivity index (χ4v) is 1.66. The van der Waals surface area contributed by atoms with Crippen LogP contribution in [0.1, 0.15) is 28.8 Å². The highest BCUT2D eigenvalue weighted by molar-refractivity contribution is 5.98. The summed E-state index contributed by atoms with van der Waals surface area (Å²) in [5, 5.41) is 3.08. The fraction of sp³-hybridized carbons (Fsp3) is 0.462. The zero-order chi connectivity index (χ0) is 11.5. The fourth-order valence-electron chi connectivity index (χ4n) is 1.66. The minimum atomic E-state index is -0.427. The van der Waals surface area contributed by atoms with Crippen molar-refractivity contribution in [2.45, 2.75) is 19.8 Å². The van der Waals surface area contributed by atoms with E-state index in [4.69, 9.17) is 0 Å². The normalized spacial score (nSPS) is 15.1. The maximum absolute atomic E-state index is 13.4. The Labute approximate surface area is 94.9 Å². The summed E-state index contributed by atoms with van der Waals surface area (Å²) < 4.78 is 13.4.